The summed E-state index contributed by atoms with van der Waals surface area (Å²) in [7, 11) is 0. The van der Waals surface area contributed by atoms with Crippen molar-refractivity contribution in [3.8, 4) is 0 Å². The second-order valence-corrected chi connectivity index (χ2v) is 6.53. The molecule has 0 aromatic rings. The molecule has 1 saturated carbocycles. The quantitative estimate of drug-likeness (QED) is 0.615. The molecule has 2 amide bonds. The highest BCUT2D eigenvalue weighted by atomic mass is 16.5. The monoisotopic (exact) mass is 370 g/mol. The van der Waals surface area contributed by atoms with Crippen LogP contribution < -0.4 is 10.6 Å². The van der Waals surface area contributed by atoms with E-state index in [1.54, 1.807) is 27.7 Å². The van der Waals surface area contributed by atoms with E-state index in [4.69, 9.17) is 9.47 Å². The van der Waals surface area contributed by atoms with Gasteiger partial charge in [-0.15, -0.1) is 0 Å². The van der Waals surface area contributed by atoms with E-state index in [0.717, 1.165) is 6.42 Å². The highest BCUT2D eigenvalue weighted by Crippen LogP contribution is 2.29. The summed E-state index contributed by atoms with van der Waals surface area (Å²) in [6, 6.07) is -1.44. The highest BCUT2D eigenvalue weighted by Gasteiger charge is 2.33. The van der Waals surface area contributed by atoms with Crippen LogP contribution in [0.5, 0.6) is 0 Å². The molecular weight excluding hydrogens is 340 g/mol. The lowest BCUT2D eigenvalue weighted by molar-refractivity contribution is -0.148. The van der Waals surface area contributed by atoms with Gasteiger partial charge < -0.3 is 20.1 Å². The van der Waals surface area contributed by atoms with Gasteiger partial charge in [-0.3, -0.25) is 9.59 Å². The molecule has 26 heavy (non-hydrogen) atoms. The molecule has 0 bridgehead atoms. The molecule has 8 heteroatoms. The van der Waals surface area contributed by atoms with Crippen molar-refractivity contribution < 1.29 is 28.7 Å². The number of ether oxygens (including phenoxy) is 2. The standard InChI is InChI=1S/C18H30N2O6/c1-5-25-17(23)11(3)19-15(21)13-8-7-9-14(10-13)16(22)20-12(4)18(24)26-6-2/h11-14H,5-10H2,1-4H3,(H,19,21)(H,20,22)/t11-,12+,13-,14-/m1/s1. The largest absolute Gasteiger partial charge is 0.464 e. The fraction of sp³-hybridized carbons (Fsp3) is 0.778. The maximum atomic E-state index is 12.4. The van der Waals surface area contributed by atoms with Crippen LogP contribution in [0.3, 0.4) is 0 Å². The van der Waals surface area contributed by atoms with Crippen LogP contribution in [0.25, 0.3) is 0 Å². The topological polar surface area (TPSA) is 111 Å². The molecule has 0 aliphatic heterocycles. The first-order valence-electron chi connectivity index (χ1n) is 9.24. The molecule has 1 aliphatic carbocycles. The van der Waals surface area contributed by atoms with Crippen LogP contribution in [0.2, 0.25) is 0 Å². The second-order valence-electron chi connectivity index (χ2n) is 6.53. The molecule has 0 unspecified atom stereocenters. The summed E-state index contributed by atoms with van der Waals surface area (Å²) in [4.78, 5) is 48.0. The molecule has 1 aliphatic rings. The zero-order valence-corrected chi connectivity index (χ0v) is 16.0. The lowest BCUT2D eigenvalue weighted by Crippen LogP contribution is -2.46. The van der Waals surface area contributed by atoms with E-state index in [-0.39, 0.29) is 36.9 Å². The van der Waals surface area contributed by atoms with Gasteiger partial charge in [0.2, 0.25) is 11.8 Å². The van der Waals surface area contributed by atoms with Crippen molar-refractivity contribution in [1.29, 1.82) is 0 Å². The Bertz CT molecular complexity index is 478. The SMILES string of the molecule is CCOC(=O)[C@H](C)NC(=O)[C@@H]1CCC[C@@H](C(=O)N[C@H](C)C(=O)OCC)C1. The van der Waals surface area contributed by atoms with E-state index in [9.17, 15) is 19.2 Å². The summed E-state index contributed by atoms with van der Waals surface area (Å²) >= 11 is 0. The average Bonchev–Trinajstić information content (AvgIpc) is 2.61. The molecule has 1 fully saturated rings. The lowest BCUT2D eigenvalue weighted by atomic mass is 9.80. The Kier molecular flexibility index (Phi) is 9.09. The fourth-order valence-electron chi connectivity index (χ4n) is 2.98. The molecule has 0 saturated heterocycles. The van der Waals surface area contributed by atoms with Gasteiger partial charge in [-0.25, -0.2) is 9.59 Å². The maximum Gasteiger partial charge on any atom is 0.328 e. The van der Waals surface area contributed by atoms with Crippen molar-refractivity contribution in [2.24, 2.45) is 11.8 Å². The normalized spacial score (nSPS) is 21.8. The predicted octanol–water partition coefficient (Wildman–Crippen LogP) is 0.928. The van der Waals surface area contributed by atoms with Crippen LogP contribution in [0, 0.1) is 11.8 Å². The number of amides is 2. The zero-order chi connectivity index (χ0) is 19.7. The van der Waals surface area contributed by atoms with Gasteiger partial charge in [0.1, 0.15) is 12.1 Å². The molecule has 0 aromatic heterocycles. The minimum atomic E-state index is -0.722. The van der Waals surface area contributed by atoms with Crippen molar-refractivity contribution in [3.63, 3.8) is 0 Å². The predicted molar refractivity (Wildman–Crippen MR) is 93.9 cm³/mol. The molecule has 4 atom stereocenters. The summed E-state index contributed by atoms with van der Waals surface area (Å²) in [6.07, 6.45) is 2.46. The van der Waals surface area contributed by atoms with Crippen molar-refractivity contribution in [2.75, 3.05) is 13.2 Å². The smallest absolute Gasteiger partial charge is 0.328 e. The number of hydrogen-bond donors (Lipinski definition) is 2. The molecule has 0 heterocycles. The van der Waals surface area contributed by atoms with Crippen molar-refractivity contribution in [2.45, 2.75) is 65.5 Å². The summed E-state index contributed by atoms with van der Waals surface area (Å²) < 4.78 is 9.75. The molecule has 0 radical (unpaired) electrons. The van der Waals surface area contributed by atoms with Gasteiger partial charge in [0.25, 0.3) is 0 Å². The van der Waals surface area contributed by atoms with Gasteiger partial charge in [0.05, 0.1) is 13.2 Å². The number of carbonyl (C=O) groups is 4. The van der Waals surface area contributed by atoms with Gasteiger partial charge in [0.15, 0.2) is 0 Å². The summed E-state index contributed by atoms with van der Waals surface area (Å²) in [6.45, 7) is 7.06. The molecular formula is C18H30N2O6. The van der Waals surface area contributed by atoms with E-state index in [0.29, 0.717) is 19.3 Å². The number of rotatable bonds is 8. The number of hydrogen-bond acceptors (Lipinski definition) is 6. The van der Waals surface area contributed by atoms with Crippen molar-refractivity contribution >= 4 is 23.8 Å². The highest BCUT2D eigenvalue weighted by molar-refractivity contribution is 5.88. The van der Waals surface area contributed by atoms with Crippen LogP contribution in [0.15, 0.2) is 0 Å². The molecule has 1 rings (SSSR count). The summed E-state index contributed by atoms with van der Waals surface area (Å²) in [5.41, 5.74) is 0. The van der Waals surface area contributed by atoms with Crippen LogP contribution in [-0.4, -0.2) is 49.1 Å². The van der Waals surface area contributed by atoms with Gasteiger partial charge in [-0.05, 0) is 47.0 Å². The van der Waals surface area contributed by atoms with E-state index < -0.39 is 24.0 Å². The Labute approximate surface area is 154 Å². The van der Waals surface area contributed by atoms with Gasteiger partial charge in [-0.1, -0.05) is 6.42 Å². The minimum absolute atomic E-state index is 0.249. The summed E-state index contributed by atoms with van der Waals surface area (Å²) in [5.74, 6) is -2.13. The van der Waals surface area contributed by atoms with E-state index >= 15 is 0 Å². The Morgan fingerprint density at radius 1 is 0.846 bits per heavy atom. The first kappa shape index (κ1) is 21.9. The summed E-state index contributed by atoms with van der Waals surface area (Å²) in [5, 5.41) is 5.30. The molecule has 2 N–H and O–H groups in total. The lowest BCUT2D eigenvalue weighted by Gasteiger charge is -2.29. The Morgan fingerprint density at radius 3 is 1.58 bits per heavy atom. The first-order chi connectivity index (χ1) is 12.3. The molecule has 8 nitrogen and oxygen atoms in total. The number of esters is 2. The van der Waals surface area contributed by atoms with E-state index in [2.05, 4.69) is 10.6 Å². The van der Waals surface area contributed by atoms with Crippen LogP contribution in [0.4, 0.5) is 0 Å². The van der Waals surface area contributed by atoms with E-state index in [1.807, 2.05) is 0 Å². The number of carbonyl (C=O) groups excluding carboxylic acids is 4. The van der Waals surface area contributed by atoms with Gasteiger partial charge in [-0.2, -0.15) is 0 Å². The molecule has 148 valence electrons. The third-order valence-corrected chi connectivity index (χ3v) is 4.41. The first-order valence-corrected chi connectivity index (χ1v) is 9.24. The third-order valence-electron chi connectivity index (χ3n) is 4.41. The van der Waals surface area contributed by atoms with Crippen molar-refractivity contribution in [3.05, 3.63) is 0 Å². The van der Waals surface area contributed by atoms with Gasteiger partial charge in [0, 0.05) is 11.8 Å². The Morgan fingerprint density at radius 2 is 1.23 bits per heavy atom. The second kappa shape index (κ2) is 10.8. The van der Waals surface area contributed by atoms with Crippen LogP contribution in [-0.2, 0) is 28.7 Å². The van der Waals surface area contributed by atoms with Crippen LogP contribution >= 0.6 is 0 Å². The Balaban J connectivity index is 2.54. The Hall–Kier alpha value is -2.12. The van der Waals surface area contributed by atoms with E-state index in [1.165, 1.54) is 0 Å². The maximum absolute atomic E-state index is 12.4. The number of nitrogens with one attached hydrogen (secondary N) is 2. The average molecular weight is 370 g/mol. The van der Waals surface area contributed by atoms with Crippen LogP contribution in [0.1, 0.15) is 53.4 Å². The minimum Gasteiger partial charge on any atom is -0.464 e. The fourth-order valence-corrected chi connectivity index (χ4v) is 2.98. The molecule has 0 aromatic carbocycles. The van der Waals surface area contributed by atoms with Crippen molar-refractivity contribution in [1.82, 2.24) is 10.6 Å². The molecule has 0 spiro atoms. The third kappa shape index (κ3) is 6.65. The zero-order valence-electron chi connectivity index (χ0n) is 16.0. The van der Waals surface area contributed by atoms with Gasteiger partial charge >= 0.3 is 11.9 Å².